The number of para-hydroxylation sites is 1. The number of nitrogens with zero attached hydrogens (tertiary/aromatic N) is 1. The Labute approximate surface area is 109 Å². The van der Waals surface area contributed by atoms with Crippen LogP contribution in [0.3, 0.4) is 0 Å². The molecule has 0 atom stereocenters. The fourth-order valence-electron chi connectivity index (χ4n) is 1.93. The normalized spacial score (nSPS) is 20.3. The number of likely N-dealkylation sites (N-methyl/N-ethyl adjacent to an activating group) is 1. The van der Waals surface area contributed by atoms with Gasteiger partial charge in [-0.2, -0.15) is 0 Å². The Morgan fingerprint density at radius 3 is 2.33 bits per heavy atom. The van der Waals surface area contributed by atoms with Crippen molar-refractivity contribution >= 4 is 35.7 Å². The van der Waals surface area contributed by atoms with Crippen LogP contribution in [0.15, 0.2) is 30.3 Å². The van der Waals surface area contributed by atoms with Gasteiger partial charge in [-0.05, 0) is 38.1 Å². The van der Waals surface area contributed by atoms with Crippen molar-refractivity contribution in [3.63, 3.8) is 0 Å². The van der Waals surface area contributed by atoms with E-state index in [4.69, 9.17) is 0 Å². The number of hydrogen-bond donors (Lipinski definition) is 0. The lowest BCUT2D eigenvalue weighted by molar-refractivity contribution is 0.248. The SMILES string of the molecule is CC1(C)C=Cc2ccccc2[N+]1(C)C.I. The summed E-state index contributed by atoms with van der Waals surface area (Å²) in [6.07, 6.45) is 4.54. The van der Waals surface area contributed by atoms with Crippen molar-refractivity contribution in [3.05, 3.63) is 35.9 Å². The Bertz CT molecular complexity index is 391. The molecule has 0 radical (unpaired) electrons. The van der Waals surface area contributed by atoms with Gasteiger partial charge in [-0.1, -0.05) is 12.1 Å². The van der Waals surface area contributed by atoms with Crippen LogP contribution >= 0.6 is 24.0 Å². The van der Waals surface area contributed by atoms with Crippen LogP contribution in [-0.2, 0) is 0 Å². The Hall–Kier alpha value is -0.350. The summed E-state index contributed by atoms with van der Waals surface area (Å²) in [5.74, 6) is 0. The molecule has 0 amide bonds. The van der Waals surface area contributed by atoms with Crippen LogP contribution in [0.4, 0.5) is 5.69 Å². The molecule has 1 heterocycles. The second kappa shape index (κ2) is 3.91. The molecule has 1 nitrogen and oxygen atoms in total. The lowest BCUT2D eigenvalue weighted by Gasteiger charge is -2.45. The molecule has 0 spiro atoms. The van der Waals surface area contributed by atoms with Gasteiger partial charge in [-0.25, -0.2) is 0 Å². The van der Waals surface area contributed by atoms with Gasteiger partial charge < -0.3 is 0 Å². The van der Waals surface area contributed by atoms with Gasteiger partial charge >= 0.3 is 0 Å². The third kappa shape index (κ3) is 1.85. The molecule has 1 aromatic carbocycles. The molecular weight excluding hydrogens is 297 g/mol. The number of hydrogen-bond acceptors (Lipinski definition) is 0. The van der Waals surface area contributed by atoms with Crippen LogP contribution in [0, 0.1) is 0 Å². The zero-order valence-corrected chi connectivity index (χ0v) is 12.1. The average molecular weight is 316 g/mol. The molecule has 0 N–H and O–H groups in total. The number of rotatable bonds is 0. The maximum absolute atomic E-state index is 2.30. The van der Waals surface area contributed by atoms with Gasteiger partial charge in [0.05, 0.1) is 14.1 Å². The highest BCUT2D eigenvalue weighted by molar-refractivity contribution is 14.0. The molecule has 2 rings (SSSR count). The van der Waals surface area contributed by atoms with Gasteiger partial charge in [0.2, 0.25) is 0 Å². The summed E-state index contributed by atoms with van der Waals surface area (Å²) < 4.78 is 0.916. The molecular formula is C13H19IN+. The zero-order valence-electron chi connectivity index (χ0n) is 9.82. The zero-order chi connectivity index (χ0) is 10.4. The van der Waals surface area contributed by atoms with Gasteiger partial charge in [0.25, 0.3) is 0 Å². The fraction of sp³-hybridized carbons (Fsp3) is 0.385. The smallest absolute Gasteiger partial charge is 0.140 e. The molecule has 2 heteroatoms. The minimum atomic E-state index is 0. The highest BCUT2D eigenvalue weighted by atomic mass is 127. The summed E-state index contributed by atoms with van der Waals surface area (Å²) >= 11 is 0. The maximum atomic E-state index is 2.30. The van der Waals surface area contributed by atoms with E-state index >= 15 is 0 Å². The second-order valence-electron chi connectivity index (χ2n) is 5.00. The van der Waals surface area contributed by atoms with Crippen molar-refractivity contribution in [2.75, 3.05) is 14.1 Å². The van der Waals surface area contributed by atoms with E-state index in [0.717, 1.165) is 4.48 Å². The van der Waals surface area contributed by atoms with E-state index in [0.29, 0.717) is 0 Å². The fourth-order valence-corrected chi connectivity index (χ4v) is 1.93. The summed E-state index contributed by atoms with van der Waals surface area (Å²) in [5.41, 5.74) is 2.92. The molecule has 0 unspecified atom stereocenters. The van der Waals surface area contributed by atoms with E-state index in [2.05, 4.69) is 64.4 Å². The lowest BCUT2D eigenvalue weighted by Crippen LogP contribution is -2.57. The molecule has 0 saturated heterocycles. The van der Waals surface area contributed by atoms with Crippen LogP contribution in [0.25, 0.3) is 6.08 Å². The Balaban J connectivity index is 0.00000112. The van der Waals surface area contributed by atoms with E-state index in [1.807, 2.05) is 0 Å². The molecule has 0 bridgehead atoms. The molecule has 1 aromatic rings. The largest absolute Gasteiger partial charge is 0.288 e. The number of benzene rings is 1. The summed E-state index contributed by atoms with van der Waals surface area (Å²) in [5, 5.41) is 0. The summed E-state index contributed by atoms with van der Waals surface area (Å²) in [4.78, 5) is 0. The number of halogens is 1. The lowest BCUT2D eigenvalue weighted by atomic mass is 9.91. The van der Waals surface area contributed by atoms with Crippen LogP contribution in [0.2, 0.25) is 0 Å². The first-order valence-corrected chi connectivity index (χ1v) is 5.08. The van der Waals surface area contributed by atoms with Gasteiger partial charge in [0.1, 0.15) is 11.2 Å². The molecule has 1 aliphatic rings. The predicted molar refractivity (Wildman–Crippen MR) is 78.6 cm³/mol. The van der Waals surface area contributed by atoms with Crippen LogP contribution in [-0.4, -0.2) is 19.6 Å². The van der Waals surface area contributed by atoms with Crippen molar-refractivity contribution in [2.24, 2.45) is 0 Å². The summed E-state index contributed by atoms with van der Waals surface area (Å²) in [6, 6.07) is 8.62. The van der Waals surface area contributed by atoms with Crippen molar-refractivity contribution in [1.29, 1.82) is 0 Å². The molecule has 0 fully saturated rings. The van der Waals surface area contributed by atoms with Gasteiger partial charge in [0.15, 0.2) is 0 Å². The highest BCUT2D eigenvalue weighted by Crippen LogP contribution is 2.37. The number of quaternary nitrogens is 1. The third-order valence-electron chi connectivity index (χ3n) is 3.65. The Morgan fingerprint density at radius 2 is 1.67 bits per heavy atom. The van der Waals surface area contributed by atoms with E-state index in [1.54, 1.807) is 0 Å². The van der Waals surface area contributed by atoms with Gasteiger partial charge in [0, 0.05) is 5.56 Å². The van der Waals surface area contributed by atoms with Crippen molar-refractivity contribution in [2.45, 2.75) is 19.4 Å². The quantitative estimate of drug-likeness (QED) is 0.506. The van der Waals surface area contributed by atoms with E-state index in [-0.39, 0.29) is 29.5 Å². The topological polar surface area (TPSA) is 0 Å². The Kier molecular flexibility index (Phi) is 3.31. The minimum Gasteiger partial charge on any atom is -0.288 e. The minimum absolute atomic E-state index is 0. The van der Waals surface area contributed by atoms with Crippen LogP contribution in [0.5, 0.6) is 0 Å². The first kappa shape index (κ1) is 12.7. The van der Waals surface area contributed by atoms with E-state index in [1.165, 1.54) is 11.3 Å². The van der Waals surface area contributed by atoms with Crippen molar-refractivity contribution in [3.8, 4) is 0 Å². The summed E-state index contributed by atoms with van der Waals surface area (Å²) in [7, 11) is 4.53. The van der Waals surface area contributed by atoms with Crippen LogP contribution < -0.4 is 4.48 Å². The monoisotopic (exact) mass is 316 g/mol. The van der Waals surface area contributed by atoms with E-state index < -0.39 is 0 Å². The van der Waals surface area contributed by atoms with Gasteiger partial charge in [-0.15, -0.1) is 24.0 Å². The first-order valence-electron chi connectivity index (χ1n) is 5.08. The molecule has 15 heavy (non-hydrogen) atoms. The van der Waals surface area contributed by atoms with E-state index in [9.17, 15) is 0 Å². The molecule has 0 saturated carbocycles. The molecule has 1 aliphatic heterocycles. The molecule has 0 aliphatic carbocycles. The second-order valence-corrected chi connectivity index (χ2v) is 5.00. The standard InChI is InChI=1S/C13H18N.HI/c1-13(2)10-9-11-7-5-6-8-12(11)14(13,3)4;/h5-10H,1-4H3;1H/q+1;. The Morgan fingerprint density at radius 1 is 1.07 bits per heavy atom. The highest BCUT2D eigenvalue weighted by Gasteiger charge is 2.39. The predicted octanol–water partition coefficient (Wildman–Crippen LogP) is 3.68. The first-order chi connectivity index (χ1) is 6.45. The van der Waals surface area contributed by atoms with Gasteiger partial charge in [-0.3, -0.25) is 4.48 Å². The van der Waals surface area contributed by atoms with Crippen molar-refractivity contribution < 1.29 is 0 Å². The van der Waals surface area contributed by atoms with Crippen LogP contribution in [0.1, 0.15) is 19.4 Å². The number of fused-ring (bicyclic) bond motifs is 1. The molecule has 82 valence electrons. The maximum Gasteiger partial charge on any atom is 0.140 e. The summed E-state index contributed by atoms with van der Waals surface area (Å²) in [6.45, 7) is 4.55. The molecule has 0 aromatic heterocycles. The average Bonchev–Trinajstić information content (AvgIpc) is 2.13. The third-order valence-corrected chi connectivity index (χ3v) is 3.65. The van der Waals surface area contributed by atoms with Crippen molar-refractivity contribution in [1.82, 2.24) is 4.48 Å².